The molecule has 1 aliphatic rings. The second-order valence-corrected chi connectivity index (χ2v) is 6.53. The Morgan fingerprint density at radius 1 is 1.46 bits per heavy atom. The zero-order valence-electron chi connectivity index (χ0n) is 12.6. The van der Waals surface area contributed by atoms with E-state index in [0.717, 1.165) is 17.8 Å². The Hall–Kier alpha value is -1.58. The van der Waals surface area contributed by atoms with Crippen molar-refractivity contribution in [3.63, 3.8) is 0 Å². The minimum absolute atomic E-state index is 0. The number of hydrogen-bond donors (Lipinski definition) is 1. The highest BCUT2D eigenvalue weighted by atomic mass is 35.5. The van der Waals surface area contributed by atoms with E-state index in [1.807, 2.05) is 0 Å². The molecule has 132 valence electrons. The molecule has 1 fully saturated rings. The SMILES string of the molecule is Cc1c(-c2ccc(C(=O)N3CC[C@@H](N)C3)s2)noc1C(F)(F)F.Cl. The van der Waals surface area contributed by atoms with Gasteiger partial charge in [0, 0.05) is 24.7 Å². The van der Waals surface area contributed by atoms with E-state index >= 15 is 0 Å². The zero-order chi connectivity index (χ0) is 16.8. The van der Waals surface area contributed by atoms with E-state index in [9.17, 15) is 18.0 Å². The highest BCUT2D eigenvalue weighted by Crippen LogP contribution is 2.38. The number of hydrogen-bond acceptors (Lipinski definition) is 5. The number of nitrogens with zero attached hydrogens (tertiary/aromatic N) is 2. The molecule has 0 saturated carbocycles. The second kappa shape index (κ2) is 6.73. The molecule has 2 aromatic heterocycles. The van der Waals surface area contributed by atoms with Gasteiger partial charge in [0.2, 0.25) is 5.76 Å². The summed E-state index contributed by atoms with van der Waals surface area (Å²) in [7, 11) is 0. The van der Waals surface area contributed by atoms with Gasteiger partial charge in [0.1, 0.15) is 5.69 Å². The molecule has 1 saturated heterocycles. The Balaban J connectivity index is 0.00000208. The van der Waals surface area contributed by atoms with Gasteiger partial charge in [0.15, 0.2) is 0 Å². The molecule has 0 radical (unpaired) electrons. The highest BCUT2D eigenvalue weighted by molar-refractivity contribution is 7.17. The van der Waals surface area contributed by atoms with Crippen LogP contribution in [0.15, 0.2) is 16.7 Å². The number of alkyl halides is 3. The first-order valence-electron chi connectivity index (χ1n) is 6.96. The summed E-state index contributed by atoms with van der Waals surface area (Å²) in [5, 5.41) is 3.51. The lowest BCUT2D eigenvalue weighted by molar-refractivity contribution is -0.156. The van der Waals surface area contributed by atoms with Crippen molar-refractivity contribution in [1.29, 1.82) is 0 Å². The Labute approximate surface area is 146 Å². The summed E-state index contributed by atoms with van der Waals surface area (Å²) in [6.07, 6.45) is -3.84. The van der Waals surface area contributed by atoms with Crippen LogP contribution in [-0.2, 0) is 6.18 Å². The standard InChI is InChI=1S/C14H14F3N3O2S.ClH/c1-7-11(19-22-12(7)14(15,16)17)9-2-3-10(23-9)13(21)20-5-4-8(18)6-20;/h2-3,8H,4-6,18H2,1H3;1H/t8-;/m1./s1. The topological polar surface area (TPSA) is 72.4 Å². The van der Waals surface area contributed by atoms with Crippen molar-refractivity contribution < 1.29 is 22.5 Å². The van der Waals surface area contributed by atoms with Gasteiger partial charge in [0.05, 0.1) is 9.75 Å². The molecule has 0 spiro atoms. The van der Waals surface area contributed by atoms with E-state index in [1.165, 1.54) is 6.92 Å². The normalized spacial score (nSPS) is 17.9. The van der Waals surface area contributed by atoms with Crippen LogP contribution in [0.2, 0.25) is 0 Å². The third kappa shape index (κ3) is 3.42. The summed E-state index contributed by atoms with van der Waals surface area (Å²) in [5.41, 5.74) is 5.81. The number of halogens is 4. The van der Waals surface area contributed by atoms with Gasteiger partial charge in [-0.25, -0.2) is 0 Å². The van der Waals surface area contributed by atoms with Crippen molar-refractivity contribution in [2.45, 2.75) is 25.6 Å². The molecule has 1 atom stereocenters. The van der Waals surface area contributed by atoms with E-state index in [-0.39, 0.29) is 35.6 Å². The second-order valence-electron chi connectivity index (χ2n) is 5.45. The molecule has 0 unspecified atom stereocenters. The number of amides is 1. The maximum Gasteiger partial charge on any atom is 0.452 e. The smallest absolute Gasteiger partial charge is 0.351 e. The van der Waals surface area contributed by atoms with Crippen molar-refractivity contribution in [3.8, 4) is 10.6 Å². The molecule has 5 nitrogen and oxygen atoms in total. The van der Waals surface area contributed by atoms with Crippen LogP contribution in [0.1, 0.15) is 27.4 Å². The number of aromatic nitrogens is 1. The quantitative estimate of drug-likeness (QED) is 0.866. The van der Waals surface area contributed by atoms with Crippen LogP contribution in [0.5, 0.6) is 0 Å². The minimum Gasteiger partial charge on any atom is -0.351 e. The van der Waals surface area contributed by atoms with Crippen LogP contribution in [-0.4, -0.2) is 35.1 Å². The van der Waals surface area contributed by atoms with E-state index < -0.39 is 11.9 Å². The van der Waals surface area contributed by atoms with Crippen molar-refractivity contribution >= 4 is 29.7 Å². The van der Waals surface area contributed by atoms with Crippen LogP contribution in [0.4, 0.5) is 13.2 Å². The Morgan fingerprint density at radius 3 is 2.71 bits per heavy atom. The highest BCUT2D eigenvalue weighted by Gasteiger charge is 2.39. The van der Waals surface area contributed by atoms with E-state index in [0.29, 0.717) is 22.8 Å². The minimum atomic E-state index is -4.59. The molecular weight excluding hydrogens is 367 g/mol. The lowest BCUT2D eigenvalue weighted by Crippen LogP contribution is -2.31. The molecule has 10 heteroatoms. The fourth-order valence-corrected chi connectivity index (χ4v) is 3.55. The van der Waals surface area contributed by atoms with Crippen molar-refractivity contribution in [3.05, 3.63) is 28.3 Å². The molecule has 3 heterocycles. The average Bonchev–Trinajstić information content (AvgIpc) is 3.15. The Bertz CT molecular complexity index is 744. The lowest BCUT2D eigenvalue weighted by Gasteiger charge is -2.14. The van der Waals surface area contributed by atoms with E-state index in [4.69, 9.17) is 5.73 Å². The first kappa shape index (κ1) is 18.8. The molecule has 3 rings (SSSR count). The maximum absolute atomic E-state index is 12.7. The molecular formula is C14H15ClF3N3O2S. The van der Waals surface area contributed by atoms with Crippen LogP contribution >= 0.6 is 23.7 Å². The number of thiophene rings is 1. The first-order chi connectivity index (χ1) is 10.8. The van der Waals surface area contributed by atoms with E-state index in [2.05, 4.69) is 9.68 Å². The fraction of sp³-hybridized carbons (Fsp3) is 0.429. The number of nitrogens with two attached hydrogens (primary N) is 1. The number of rotatable bonds is 2. The summed E-state index contributed by atoms with van der Waals surface area (Å²) in [5.74, 6) is -1.27. The van der Waals surface area contributed by atoms with Gasteiger partial charge in [-0.05, 0) is 25.5 Å². The predicted molar refractivity (Wildman–Crippen MR) is 85.3 cm³/mol. The molecule has 1 aliphatic heterocycles. The van der Waals surface area contributed by atoms with E-state index in [1.54, 1.807) is 17.0 Å². The van der Waals surface area contributed by atoms with Crippen molar-refractivity contribution in [1.82, 2.24) is 10.1 Å². The number of carbonyl (C=O) groups excluding carboxylic acids is 1. The van der Waals surface area contributed by atoms with Gasteiger partial charge < -0.3 is 15.2 Å². The van der Waals surface area contributed by atoms with Crippen molar-refractivity contribution in [2.75, 3.05) is 13.1 Å². The largest absolute Gasteiger partial charge is 0.452 e. The first-order valence-corrected chi connectivity index (χ1v) is 7.77. The van der Waals surface area contributed by atoms with Gasteiger partial charge in [-0.3, -0.25) is 4.79 Å². The summed E-state index contributed by atoms with van der Waals surface area (Å²) < 4.78 is 42.7. The summed E-state index contributed by atoms with van der Waals surface area (Å²) in [6.45, 7) is 2.39. The molecule has 2 aromatic rings. The number of carbonyl (C=O) groups is 1. The maximum atomic E-state index is 12.7. The van der Waals surface area contributed by atoms with Crippen LogP contribution in [0.3, 0.4) is 0 Å². The summed E-state index contributed by atoms with van der Waals surface area (Å²) >= 11 is 1.10. The number of likely N-dealkylation sites (tertiary alicyclic amines) is 1. The molecule has 24 heavy (non-hydrogen) atoms. The lowest BCUT2D eigenvalue weighted by atomic mass is 10.2. The monoisotopic (exact) mass is 381 g/mol. The molecule has 0 aromatic carbocycles. The van der Waals surface area contributed by atoms with Crippen molar-refractivity contribution in [2.24, 2.45) is 5.73 Å². The fourth-order valence-electron chi connectivity index (χ4n) is 2.54. The predicted octanol–water partition coefficient (Wildman–Crippen LogP) is 3.33. The average molecular weight is 382 g/mol. The van der Waals surface area contributed by atoms with Gasteiger partial charge in [-0.15, -0.1) is 23.7 Å². The molecule has 2 N–H and O–H groups in total. The third-order valence-electron chi connectivity index (χ3n) is 3.74. The van der Waals surface area contributed by atoms with Crippen LogP contribution in [0, 0.1) is 6.92 Å². The molecule has 1 amide bonds. The van der Waals surface area contributed by atoms with Gasteiger partial charge in [-0.2, -0.15) is 13.2 Å². The third-order valence-corrected chi connectivity index (χ3v) is 4.82. The summed E-state index contributed by atoms with van der Waals surface area (Å²) in [4.78, 5) is 14.9. The van der Waals surface area contributed by atoms with Crippen LogP contribution < -0.4 is 5.73 Å². The van der Waals surface area contributed by atoms with Gasteiger partial charge in [-0.1, -0.05) is 5.16 Å². The Kier molecular flexibility index (Phi) is 5.26. The van der Waals surface area contributed by atoms with Gasteiger partial charge >= 0.3 is 6.18 Å². The van der Waals surface area contributed by atoms with Crippen LogP contribution in [0.25, 0.3) is 10.6 Å². The van der Waals surface area contributed by atoms with Gasteiger partial charge in [0.25, 0.3) is 5.91 Å². The zero-order valence-corrected chi connectivity index (χ0v) is 14.2. The summed E-state index contributed by atoms with van der Waals surface area (Å²) in [6, 6.07) is 3.15. The molecule has 0 aliphatic carbocycles. The molecule has 0 bridgehead atoms. The Morgan fingerprint density at radius 2 is 2.17 bits per heavy atom.